The second kappa shape index (κ2) is 9.04. The fourth-order valence-electron chi connectivity index (χ4n) is 5.33. The Labute approximate surface area is 209 Å². The summed E-state index contributed by atoms with van der Waals surface area (Å²) in [5, 5.41) is 5.05. The number of hydrogen-bond acceptors (Lipinski definition) is 3. The SMILES string of the molecule is C=C(C)c1cc(N2CCCc3cc(-c4cnn(C)c4)c(C(F)F)cc32)cc2c(C(=O)CC)cn(C)c12. The van der Waals surface area contributed by atoms with E-state index in [1.807, 2.05) is 43.8 Å². The molecule has 36 heavy (non-hydrogen) atoms. The molecular formula is C29H30F2N4O. The van der Waals surface area contributed by atoms with Crippen molar-refractivity contribution < 1.29 is 13.6 Å². The van der Waals surface area contributed by atoms with E-state index in [2.05, 4.69) is 22.6 Å². The first-order chi connectivity index (χ1) is 17.2. The van der Waals surface area contributed by atoms with Gasteiger partial charge in [-0.2, -0.15) is 5.10 Å². The molecule has 0 atom stereocenters. The molecule has 5 nitrogen and oxygen atoms in total. The summed E-state index contributed by atoms with van der Waals surface area (Å²) < 4.78 is 32.2. The number of benzene rings is 2. The average molecular weight is 489 g/mol. The molecule has 1 aliphatic rings. The number of ketones is 1. The van der Waals surface area contributed by atoms with Crippen LogP contribution in [0.1, 0.15) is 60.2 Å². The molecule has 5 rings (SSSR count). The summed E-state index contributed by atoms with van der Waals surface area (Å²) >= 11 is 0. The quantitative estimate of drug-likeness (QED) is 0.269. The molecule has 4 aromatic rings. The van der Waals surface area contributed by atoms with Gasteiger partial charge in [-0.3, -0.25) is 9.48 Å². The number of aryl methyl sites for hydroxylation is 3. The van der Waals surface area contributed by atoms with Crippen molar-refractivity contribution >= 4 is 33.6 Å². The van der Waals surface area contributed by atoms with E-state index in [1.54, 1.807) is 30.2 Å². The van der Waals surface area contributed by atoms with E-state index in [9.17, 15) is 13.6 Å². The predicted molar refractivity (Wildman–Crippen MR) is 141 cm³/mol. The number of hydrogen-bond donors (Lipinski definition) is 0. The van der Waals surface area contributed by atoms with Gasteiger partial charge in [0.25, 0.3) is 6.43 Å². The minimum absolute atomic E-state index is 0.00332. The molecule has 2 aromatic heterocycles. The van der Waals surface area contributed by atoms with Crippen molar-refractivity contribution in [3.63, 3.8) is 0 Å². The van der Waals surface area contributed by atoms with Crippen LogP contribution in [0.15, 0.2) is 49.4 Å². The van der Waals surface area contributed by atoms with Gasteiger partial charge in [-0.15, -0.1) is 0 Å². The first-order valence-electron chi connectivity index (χ1n) is 12.2. The monoisotopic (exact) mass is 488 g/mol. The van der Waals surface area contributed by atoms with E-state index < -0.39 is 6.43 Å². The second-order valence-corrected chi connectivity index (χ2v) is 9.63. The molecule has 0 N–H and O–H groups in total. The van der Waals surface area contributed by atoms with Gasteiger partial charge < -0.3 is 9.47 Å². The van der Waals surface area contributed by atoms with Crippen molar-refractivity contribution in [1.29, 1.82) is 0 Å². The van der Waals surface area contributed by atoms with Crippen LogP contribution in [0.2, 0.25) is 0 Å². The largest absolute Gasteiger partial charge is 0.349 e. The lowest BCUT2D eigenvalue weighted by Crippen LogP contribution is -2.25. The van der Waals surface area contributed by atoms with Crippen LogP contribution in [0.4, 0.5) is 20.2 Å². The molecule has 0 fully saturated rings. The molecular weight excluding hydrogens is 458 g/mol. The zero-order valence-electron chi connectivity index (χ0n) is 21.1. The summed E-state index contributed by atoms with van der Waals surface area (Å²) in [7, 11) is 3.72. The van der Waals surface area contributed by atoms with Crippen molar-refractivity contribution in [2.75, 3.05) is 11.4 Å². The van der Waals surface area contributed by atoms with Crippen LogP contribution in [0.3, 0.4) is 0 Å². The number of fused-ring (bicyclic) bond motifs is 2. The molecule has 0 unspecified atom stereocenters. The van der Waals surface area contributed by atoms with Crippen LogP contribution in [-0.2, 0) is 20.5 Å². The minimum Gasteiger partial charge on any atom is -0.349 e. The highest BCUT2D eigenvalue weighted by Crippen LogP contribution is 2.43. The number of rotatable bonds is 6. The van der Waals surface area contributed by atoms with Gasteiger partial charge >= 0.3 is 0 Å². The normalized spacial score (nSPS) is 13.5. The number of Topliss-reactive ketones (excluding diaryl/α,β-unsaturated/α-hetero) is 1. The van der Waals surface area contributed by atoms with Crippen molar-refractivity contribution in [2.45, 2.75) is 39.5 Å². The van der Waals surface area contributed by atoms with E-state index in [4.69, 9.17) is 0 Å². The van der Waals surface area contributed by atoms with E-state index in [1.165, 1.54) is 0 Å². The predicted octanol–water partition coefficient (Wildman–Crippen LogP) is 7.23. The zero-order valence-corrected chi connectivity index (χ0v) is 21.1. The van der Waals surface area contributed by atoms with Crippen molar-refractivity contribution in [3.8, 4) is 11.1 Å². The first kappa shape index (κ1) is 24.0. The van der Waals surface area contributed by atoms with Crippen molar-refractivity contribution in [1.82, 2.24) is 14.3 Å². The average Bonchev–Trinajstić information content (AvgIpc) is 3.44. The van der Waals surface area contributed by atoms with Gasteiger partial charge in [-0.1, -0.05) is 13.5 Å². The molecule has 0 saturated carbocycles. The van der Waals surface area contributed by atoms with Crippen molar-refractivity contribution in [2.24, 2.45) is 14.1 Å². The van der Waals surface area contributed by atoms with Crippen LogP contribution < -0.4 is 4.90 Å². The summed E-state index contributed by atoms with van der Waals surface area (Å²) in [6, 6.07) is 7.62. The Kier molecular flexibility index (Phi) is 6.02. The number of carbonyl (C=O) groups is 1. The van der Waals surface area contributed by atoms with Gasteiger partial charge in [-0.25, -0.2) is 8.78 Å². The van der Waals surface area contributed by atoms with Gasteiger partial charge in [0.2, 0.25) is 0 Å². The summed E-state index contributed by atoms with van der Waals surface area (Å²) in [5.41, 5.74) is 7.38. The molecule has 0 amide bonds. The minimum atomic E-state index is -2.62. The standard InChI is InChI=1S/C29H30F2N4O/c1-6-27(36)25-16-33(4)28-21(17(2)3)11-20(12-23(25)28)35-9-7-8-18-10-22(19-14-32-34(5)15-19)24(29(30)31)13-26(18)35/h10-16,29H,2,6-9H2,1,3-5H3. The number of nitrogens with zero attached hydrogens (tertiary/aromatic N) is 4. The Balaban J connectivity index is 1.72. The third-order valence-corrected chi connectivity index (χ3v) is 7.07. The molecule has 0 radical (unpaired) electrons. The Morgan fingerprint density at radius 1 is 1.14 bits per heavy atom. The molecule has 0 spiro atoms. The molecule has 7 heteroatoms. The number of anilines is 2. The molecule has 0 aliphatic carbocycles. The lowest BCUT2D eigenvalue weighted by atomic mass is 9.92. The molecule has 1 aliphatic heterocycles. The molecule has 2 aromatic carbocycles. The number of allylic oxidation sites excluding steroid dienone is 1. The molecule has 0 bridgehead atoms. The van der Waals surface area contributed by atoms with Gasteiger partial charge in [-0.05, 0) is 60.7 Å². The maximum absolute atomic E-state index is 14.3. The van der Waals surface area contributed by atoms with Crippen molar-refractivity contribution in [3.05, 3.63) is 71.7 Å². The van der Waals surface area contributed by atoms with Crippen LogP contribution in [-0.4, -0.2) is 26.7 Å². The second-order valence-electron chi connectivity index (χ2n) is 9.63. The van der Waals surface area contributed by atoms with E-state index >= 15 is 0 Å². The molecule has 186 valence electrons. The third kappa shape index (κ3) is 3.92. The van der Waals surface area contributed by atoms with Gasteiger partial charge in [0.1, 0.15) is 0 Å². The lowest BCUT2D eigenvalue weighted by molar-refractivity contribution is 0.0989. The molecule has 0 saturated heterocycles. The van der Waals surface area contributed by atoms with Crippen LogP contribution in [0.5, 0.6) is 0 Å². The van der Waals surface area contributed by atoms with Gasteiger partial charge in [0.05, 0.1) is 11.7 Å². The van der Waals surface area contributed by atoms with Crippen LogP contribution in [0.25, 0.3) is 27.6 Å². The third-order valence-electron chi connectivity index (χ3n) is 7.07. The summed E-state index contributed by atoms with van der Waals surface area (Å²) in [6.07, 6.45) is 4.77. The highest BCUT2D eigenvalue weighted by atomic mass is 19.3. The molecule has 3 heterocycles. The number of halogens is 2. The first-order valence-corrected chi connectivity index (χ1v) is 12.2. The van der Waals surface area contributed by atoms with E-state index in [-0.39, 0.29) is 11.3 Å². The summed E-state index contributed by atoms with van der Waals surface area (Å²) in [6.45, 7) is 8.69. The maximum atomic E-state index is 14.3. The zero-order chi connectivity index (χ0) is 25.7. The smallest absolute Gasteiger partial charge is 0.264 e. The van der Waals surface area contributed by atoms with Crippen LogP contribution in [0, 0.1) is 0 Å². The van der Waals surface area contributed by atoms with Crippen LogP contribution >= 0.6 is 0 Å². The lowest BCUT2D eigenvalue weighted by Gasteiger charge is -2.33. The highest BCUT2D eigenvalue weighted by molar-refractivity contribution is 6.11. The maximum Gasteiger partial charge on any atom is 0.264 e. The fourth-order valence-corrected chi connectivity index (χ4v) is 5.33. The highest BCUT2D eigenvalue weighted by Gasteiger charge is 2.26. The Hall–Kier alpha value is -3.74. The number of carbonyl (C=O) groups excluding carboxylic acids is 1. The summed E-state index contributed by atoms with van der Waals surface area (Å²) in [4.78, 5) is 14.9. The van der Waals surface area contributed by atoms with Gasteiger partial charge in [0.15, 0.2) is 5.78 Å². The number of alkyl halides is 2. The number of aromatic nitrogens is 3. The topological polar surface area (TPSA) is 43.1 Å². The Morgan fingerprint density at radius 2 is 1.92 bits per heavy atom. The van der Waals surface area contributed by atoms with E-state index in [0.717, 1.165) is 51.8 Å². The van der Waals surface area contributed by atoms with E-state index in [0.29, 0.717) is 29.7 Å². The summed E-state index contributed by atoms with van der Waals surface area (Å²) in [5.74, 6) is 0.0746. The Morgan fingerprint density at radius 3 is 2.56 bits per heavy atom. The fraction of sp³-hybridized carbons (Fsp3) is 0.310. The van der Waals surface area contributed by atoms with Gasteiger partial charge in [0, 0.05) is 78.5 Å². The Bertz CT molecular complexity index is 1510.